The summed E-state index contributed by atoms with van der Waals surface area (Å²) in [6, 6.07) is 7.15. The first-order chi connectivity index (χ1) is 13.0. The second kappa shape index (κ2) is 10.1. The molecule has 7 heteroatoms. The Morgan fingerprint density at radius 3 is 2.85 bits per heavy atom. The highest BCUT2D eigenvalue weighted by molar-refractivity contribution is 7.80. The fraction of sp³-hybridized carbons (Fsp3) is 0.400. The van der Waals surface area contributed by atoms with Crippen molar-refractivity contribution >= 4 is 23.3 Å². The van der Waals surface area contributed by atoms with Crippen molar-refractivity contribution in [1.82, 2.24) is 10.2 Å². The Morgan fingerprint density at radius 1 is 1.41 bits per heavy atom. The van der Waals surface area contributed by atoms with Crippen LogP contribution in [0, 0.1) is 0 Å². The lowest BCUT2D eigenvalue weighted by Crippen LogP contribution is -2.47. The Kier molecular flexibility index (Phi) is 7.82. The second-order valence-electron chi connectivity index (χ2n) is 5.93. The Morgan fingerprint density at radius 2 is 2.19 bits per heavy atom. The third-order valence-corrected chi connectivity index (χ3v) is 4.55. The third-order valence-electron chi connectivity index (χ3n) is 4.21. The number of thiocarbonyl (C=S) groups is 1. The van der Waals surface area contributed by atoms with E-state index in [-0.39, 0.29) is 12.6 Å². The van der Waals surface area contributed by atoms with Gasteiger partial charge in [-0.25, -0.2) is 4.79 Å². The SMILES string of the molecule is C=CCOc1cccc([C@@H]2NC(=S)N(CC)C(C)=C2C(=O)OCCOC)c1. The van der Waals surface area contributed by atoms with Crippen molar-refractivity contribution in [3.05, 3.63) is 53.8 Å². The van der Waals surface area contributed by atoms with Gasteiger partial charge in [-0.3, -0.25) is 0 Å². The molecule has 1 N–H and O–H groups in total. The van der Waals surface area contributed by atoms with Gasteiger partial charge in [0.25, 0.3) is 0 Å². The van der Waals surface area contributed by atoms with Gasteiger partial charge in [-0.15, -0.1) is 0 Å². The second-order valence-corrected chi connectivity index (χ2v) is 6.31. The maximum Gasteiger partial charge on any atom is 0.338 e. The summed E-state index contributed by atoms with van der Waals surface area (Å²) in [6.07, 6.45) is 1.68. The van der Waals surface area contributed by atoms with Crippen LogP contribution in [-0.4, -0.2) is 49.5 Å². The van der Waals surface area contributed by atoms with Gasteiger partial charge in [0.05, 0.1) is 18.2 Å². The van der Waals surface area contributed by atoms with Crippen molar-refractivity contribution in [1.29, 1.82) is 0 Å². The van der Waals surface area contributed by atoms with Crippen LogP contribution in [0.1, 0.15) is 25.5 Å². The topological polar surface area (TPSA) is 60.0 Å². The molecule has 1 heterocycles. The number of allylic oxidation sites excluding steroid dienone is 1. The number of nitrogens with one attached hydrogen (secondary N) is 1. The lowest BCUT2D eigenvalue weighted by Gasteiger charge is -2.37. The molecule has 0 fully saturated rings. The van der Waals surface area contributed by atoms with E-state index in [0.29, 0.717) is 36.2 Å². The van der Waals surface area contributed by atoms with Gasteiger partial charge in [0, 0.05) is 19.4 Å². The van der Waals surface area contributed by atoms with Gasteiger partial charge < -0.3 is 24.4 Å². The normalized spacial score (nSPS) is 16.8. The van der Waals surface area contributed by atoms with E-state index in [9.17, 15) is 4.79 Å². The largest absolute Gasteiger partial charge is 0.490 e. The number of benzene rings is 1. The van der Waals surface area contributed by atoms with E-state index in [2.05, 4.69) is 11.9 Å². The Hall–Kier alpha value is -2.38. The molecule has 27 heavy (non-hydrogen) atoms. The van der Waals surface area contributed by atoms with Gasteiger partial charge in [0.2, 0.25) is 0 Å². The van der Waals surface area contributed by atoms with E-state index in [4.69, 9.17) is 26.4 Å². The summed E-state index contributed by atoms with van der Waals surface area (Å²) in [5, 5.41) is 3.84. The van der Waals surface area contributed by atoms with Crippen LogP contribution in [0.25, 0.3) is 0 Å². The van der Waals surface area contributed by atoms with E-state index >= 15 is 0 Å². The van der Waals surface area contributed by atoms with Crippen molar-refractivity contribution in [3.8, 4) is 5.75 Å². The van der Waals surface area contributed by atoms with E-state index in [1.165, 1.54) is 0 Å². The number of methoxy groups -OCH3 is 1. The molecule has 6 nitrogen and oxygen atoms in total. The lowest BCUT2D eigenvalue weighted by molar-refractivity contribution is -0.140. The van der Waals surface area contributed by atoms with Crippen molar-refractivity contribution in [2.45, 2.75) is 19.9 Å². The molecular formula is C20H26N2O4S. The number of nitrogens with zero attached hydrogens (tertiary/aromatic N) is 1. The molecular weight excluding hydrogens is 364 g/mol. The maximum absolute atomic E-state index is 12.8. The summed E-state index contributed by atoms with van der Waals surface area (Å²) >= 11 is 5.49. The predicted molar refractivity (Wildman–Crippen MR) is 109 cm³/mol. The molecule has 0 radical (unpaired) electrons. The van der Waals surface area contributed by atoms with Crippen LogP contribution >= 0.6 is 12.2 Å². The smallest absolute Gasteiger partial charge is 0.338 e. The van der Waals surface area contributed by atoms with E-state index in [1.807, 2.05) is 43.0 Å². The van der Waals surface area contributed by atoms with Gasteiger partial charge in [0.15, 0.2) is 5.11 Å². The van der Waals surface area contributed by atoms with Crippen molar-refractivity contribution in [2.75, 3.05) is 33.5 Å². The summed E-state index contributed by atoms with van der Waals surface area (Å²) in [7, 11) is 1.56. The number of ether oxygens (including phenoxy) is 3. The highest BCUT2D eigenvalue weighted by Gasteiger charge is 2.34. The van der Waals surface area contributed by atoms with Gasteiger partial charge in [0.1, 0.15) is 19.0 Å². The summed E-state index contributed by atoms with van der Waals surface area (Å²) in [4.78, 5) is 14.7. The Bertz CT molecular complexity index is 732. The van der Waals surface area contributed by atoms with Crippen LogP contribution in [0.4, 0.5) is 0 Å². The molecule has 1 aliphatic rings. The fourth-order valence-electron chi connectivity index (χ4n) is 2.91. The number of hydrogen-bond acceptors (Lipinski definition) is 5. The van der Waals surface area contributed by atoms with Crippen LogP contribution in [0.2, 0.25) is 0 Å². The standard InChI is InChI=1S/C20H26N2O4S/c1-5-10-25-16-9-7-8-15(13-16)18-17(19(23)26-12-11-24-4)14(3)22(6-2)20(27)21-18/h5,7-9,13,18H,1,6,10-12H2,2-4H3,(H,21,27)/t18-/m0/s1. The number of rotatable bonds is 9. The number of hydrogen-bond donors (Lipinski definition) is 1. The minimum absolute atomic E-state index is 0.192. The average molecular weight is 391 g/mol. The molecule has 1 aliphatic heterocycles. The summed E-state index contributed by atoms with van der Waals surface area (Å²) < 4.78 is 16.0. The molecule has 2 rings (SSSR count). The monoisotopic (exact) mass is 390 g/mol. The molecule has 0 unspecified atom stereocenters. The maximum atomic E-state index is 12.8. The minimum Gasteiger partial charge on any atom is -0.490 e. The molecule has 0 aliphatic carbocycles. The minimum atomic E-state index is -0.414. The Labute approximate surface area is 165 Å². The lowest BCUT2D eigenvalue weighted by atomic mass is 9.95. The Balaban J connectivity index is 2.39. The van der Waals surface area contributed by atoms with Crippen molar-refractivity contribution in [3.63, 3.8) is 0 Å². The first-order valence-corrected chi connectivity index (χ1v) is 9.22. The van der Waals surface area contributed by atoms with Crippen LogP contribution in [0.5, 0.6) is 5.75 Å². The van der Waals surface area contributed by atoms with Crippen LogP contribution in [0.15, 0.2) is 48.2 Å². The molecule has 1 atom stereocenters. The van der Waals surface area contributed by atoms with Crippen molar-refractivity contribution in [2.24, 2.45) is 0 Å². The molecule has 0 saturated carbocycles. The quantitative estimate of drug-likeness (QED) is 0.301. The first-order valence-electron chi connectivity index (χ1n) is 8.82. The van der Waals surface area contributed by atoms with Crippen molar-refractivity contribution < 1.29 is 19.0 Å². The summed E-state index contributed by atoms with van der Waals surface area (Å²) in [5.41, 5.74) is 2.18. The summed E-state index contributed by atoms with van der Waals surface area (Å²) in [5.74, 6) is 0.309. The zero-order valence-corrected chi connectivity index (χ0v) is 16.8. The van der Waals surface area contributed by atoms with E-state index in [1.54, 1.807) is 13.2 Å². The van der Waals surface area contributed by atoms with E-state index in [0.717, 1.165) is 11.3 Å². The molecule has 1 aromatic rings. The molecule has 0 bridgehead atoms. The first kappa shape index (κ1) is 20.9. The zero-order chi connectivity index (χ0) is 19.8. The zero-order valence-electron chi connectivity index (χ0n) is 16.0. The highest BCUT2D eigenvalue weighted by atomic mass is 32.1. The van der Waals surface area contributed by atoms with E-state index < -0.39 is 6.04 Å². The number of carbonyl (C=O) groups excluding carboxylic acids is 1. The third kappa shape index (κ3) is 5.08. The van der Waals surface area contributed by atoms with Crippen LogP contribution in [-0.2, 0) is 14.3 Å². The number of esters is 1. The predicted octanol–water partition coefficient (Wildman–Crippen LogP) is 2.97. The van der Waals surface area contributed by atoms with Gasteiger partial charge >= 0.3 is 5.97 Å². The molecule has 0 spiro atoms. The molecule has 0 aromatic heterocycles. The van der Waals surface area contributed by atoms with Crippen LogP contribution in [0.3, 0.4) is 0 Å². The van der Waals surface area contributed by atoms with Gasteiger partial charge in [-0.1, -0.05) is 24.8 Å². The number of carbonyl (C=O) groups is 1. The highest BCUT2D eigenvalue weighted by Crippen LogP contribution is 2.32. The average Bonchev–Trinajstić information content (AvgIpc) is 2.66. The molecule has 0 amide bonds. The molecule has 0 saturated heterocycles. The van der Waals surface area contributed by atoms with Gasteiger partial charge in [-0.05, 0) is 43.8 Å². The summed E-state index contributed by atoms with van der Waals surface area (Å²) in [6.45, 7) is 9.12. The molecule has 1 aromatic carbocycles. The van der Waals surface area contributed by atoms with Crippen LogP contribution < -0.4 is 10.1 Å². The molecule has 146 valence electrons. The van der Waals surface area contributed by atoms with Gasteiger partial charge in [-0.2, -0.15) is 0 Å². The fourth-order valence-corrected chi connectivity index (χ4v) is 3.29.